The van der Waals surface area contributed by atoms with Crippen molar-refractivity contribution >= 4 is 16.2 Å². The molecule has 1 aliphatic heterocycles. The van der Waals surface area contributed by atoms with E-state index >= 15 is 0 Å². The molecule has 2 N–H and O–H groups in total. The quantitative estimate of drug-likeness (QED) is 0.808. The van der Waals surface area contributed by atoms with Crippen LogP contribution in [-0.2, 0) is 23.1 Å². The molecule has 0 amide bonds. The predicted molar refractivity (Wildman–Crippen MR) is 82.0 cm³/mol. The van der Waals surface area contributed by atoms with E-state index in [4.69, 9.17) is 5.11 Å². The van der Waals surface area contributed by atoms with E-state index in [-0.39, 0.29) is 11.6 Å². The van der Waals surface area contributed by atoms with Gasteiger partial charge < -0.3 is 5.11 Å². The Labute approximate surface area is 129 Å². The summed E-state index contributed by atoms with van der Waals surface area (Å²) in [6.45, 7) is 0.896. The largest absolute Gasteiger partial charge is 0.478 e. The van der Waals surface area contributed by atoms with E-state index in [1.807, 2.05) is 12.2 Å². The highest BCUT2D eigenvalue weighted by Gasteiger charge is 2.29. The Kier molecular flexibility index (Phi) is 4.03. The lowest BCUT2D eigenvalue weighted by Gasteiger charge is -2.24. The molecule has 6 nitrogen and oxygen atoms in total. The third kappa shape index (κ3) is 3.06. The normalized spacial score (nSPS) is 21.7. The number of benzene rings is 1. The fraction of sp³-hybridized carbons (Fsp3) is 0.400. The summed E-state index contributed by atoms with van der Waals surface area (Å²) >= 11 is 0. The smallest absolute Gasteiger partial charge is 0.335 e. The van der Waals surface area contributed by atoms with Gasteiger partial charge in [-0.15, -0.1) is 0 Å². The fourth-order valence-corrected chi connectivity index (χ4v) is 4.32. The molecule has 0 fully saturated rings. The van der Waals surface area contributed by atoms with Gasteiger partial charge in [0, 0.05) is 19.1 Å². The van der Waals surface area contributed by atoms with Gasteiger partial charge >= 0.3 is 5.97 Å². The van der Waals surface area contributed by atoms with Gasteiger partial charge in [0.15, 0.2) is 0 Å². The number of fused-ring (bicyclic) bond motifs is 1. The summed E-state index contributed by atoms with van der Waals surface area (Å²) in [6, 6.07) is 4.76. The molecule has 0 radical (unpaired) electrons. The van der Waals surface area contributed by atoms with Crippen molar-refractivity contribution in [3.8, 4) is 0 Å². The molecule has 2 aliphatic rings. The van der Waals surface area contributed by atoms with Crippen LogP contribution < -0.4 is 4.72 Å². The monoisotopic (exact) mass is 322 g/mol. The van der Waals surface area contributed by atoms with Gasteiger partial charge in [0.2, 0.25) is 0 Å². The molecule has 22 heavy (non-hydrogen) atoms. The van der Waals surface area contributed by atoms with E-state index in [0.29, 0.717) is 25.9 Å². The lowest BCUT2D eigenvalue weighted by atomic mass is 10.1. The molecular weight excluding hydrogens is 304 g/mol. The van der Waals surface area contributed by atoms with Gasteiger partial charge in [0.25, 0.3) is 10.2 Å². The van der Waals surface area contributed by atoms with E-state index in [2.05, 4.69) is 4.72 Å². The van der Waals surface area contributed by atoms with Crippen molar-refractivity contribution in [2.24, 2.45) is 0 Å². The summed E-state index contributed by atoms with van der Waals surface area (Å²) in [7, 11) is -3.50. The van der Waals surface area contributed by atoms with Crippen molar-refractivity contribution < 1.29 is 18.3 Å². The first-order valence-electron chi connectivity index (χ1n) is 7.23. The zero-order valence-electron chi connectivity index (χ0n) is 12.0. The molecule has 0 saturated carbocycles. The third-order valence-electron chi connectivity index (χ3n) is 4.06. The van der Waals surface area contributed by atoms with E-state index in [9.17, 15) is 13.2 Å². The summed E-state index contributed by atoms with van der Waals surface area (Å²) in [6.07, 6.45) is 5.68. The number of carboxylic acids is 1. The Morgan fingerprint density at radius 3 is 2.68 bits per heavy atom. The molecule has 1 atom stereocenters. The van der Waals surface area contributed by atoms with Gasteiger partial charge in [-0.25, -0.2) is 4.79 Å². The van der Waals surface area contributed by atoms with Crippen LogP contribution in [0.2, 0.25) is 0 Å². The Morgan fingerprint density at radius 2 is 2.00 bits per heavy atom. The van der Waals surface area contributed by atoms with Crippen molar-refractivity contribution in [1.82, 2.24) is 9.03 Å². The third-order valence-corrected chi connectivity index (χ3v) is 5.70. The van der Waals surface area contributed by atoms with Crippen LogP contribution in [0.15, 0.2) is 30.4 Å². The highest BCUT2D eigenvalue weighted by Crippen LogP contribution is 2.24. The van der Waals surface area contributed by atoms with Gasteiger partial charge in [0.05, 0.1) is 5.56 Å². The van der Waals surface area contributed by atoms with E-state index in [1.165, 1.54) is 4.31 Å². The van der Waals surface area contributed by atoms with Crippen molar-refractivity contribution in [3.63, 3.8) is 0 Å². The minimum absolute atomic E-state index is 0.213. The molecular formula is C15H18N2O4S. The Morgan fingerprint density at radius 1 is 1.23 bits per heavy atom. The first-order chi connectivity index (χ1) is 10.5. The second-order valence-electron chi connectivity index (χ2n) is 5.63. The molecule has 0 aromatic heterocycles. The van der Waals surface area contributed by atoms with Gasteiger partial charge in [-0.1, -0.05) is 18.2 Å². The molecule has 1 aromatic carbocycles. The molecule has 0 saturated heterocycles. The van der Waals surface area contributed by atoms with E-state index in [1.54, 1.807) is 18.2 Å². The average molecular weight is 322 g/mol. The maximum absolute atomic E-state index is 12.4. The fourth-order valence-electron chi connectivity index (χ4n) is 2.96. The first-order valence-corrected chi connectivity index (χ1v) is 8.67. The van der Waals surface area contributed by atoms with Gasteiger partial charge in [-0.2, -0.15) is 17.4 Å². The van der Waals surface area contributed by atoms with Crippen LogP contribution in [0.4, 0.5) is 0 Å². The number of hydrogen-bond acceptors (Lipinski definition) is 3. The van der Waals surface area contributed by atoms with Crippen LogP contribution in [0.25, 0.3) is 0 Å². The average Bonchev–Trinajstić information content (AvgIpc) is 2.88. The van der Waals surface area contributed by atoms with Gasteiger partial charge in [0.1, 0.15) is 0 Å². The molecule has 1 heterocycles. The van der Waals surface area contributed by atoms with Crippen molar-refractivity contribution in [1.29, 1.82) is 0 Å². The maximum Gasteiger partial charge on any atom is 0.335 e. The SMILES string of the molecule is O=C(O)c1ccc2c(c1)CC(NS(=O)(=O)N1CC=CCC1)C2. The topological polar surface area (TPSA) is 86.7 Å². The van der Waals surface area contributed by atoms with Crippen LogP contribution >= 0.6 is 0 Å². The molecule has 7 heteroatoms. The van der Waals surface area contributed by atoms with Crippen LogP contribution in [0.5, 0.6) is 0 Å². The van der Waals surface area contributed by atoms with Gasteiger partial charge in [-0.05, 0) is 42.5 Å². The molecule has 1 aliphatic carbocycles. The Balaban J connectivity index is 1.70. The minimum Gasteiger partial charge on any atom is -0.478 e. The first kappa shape index (κ1) is 15.2. The zero-order chi connectivity index (χ0) is 15.7. The standard InChI is InChI=1S/C15H18N2O4S/c18-15(19)12-5-4-11-9-14(10-13(11)8-12)16-22(20,21)17-6-2-1-3-7-17/h1-2,4-5,8,14,16H,3,6-7,9-10H2,(H,18,19). The highest BCUT2D eigenvalue weighted by atomic mass is 32.2. The number of carbonyl (C=O) groups is 1. The minimum atomic E-state index is -3.50. The number of aromatic carboxylic acids is 1. The lowest BCUT2D eigenvalue weighted by molar-refractivity contribution is 0.0696. The second kappa shape index (κ2) is 5.83. The van der Waals surface area contributed by atoms with Crippen LogP contribution in [0, 0.1) is 0 Å². The van der Waals surface area contributed by atoms with E-state index in [0.717, 1.165) is 17.5 Å². The predicted octanol–water partition coefficient (Wildman–Crippen LogP) is 0.948. The maximum atomic E-state index is 12.4. The number of rotatable bonds is 4. The van der Waals surface area contributed by atoms with Crippen LogP contribution in [0.1, 0.15) is 27.9 Å². The van der Waals surface area contributed by atoms with Crippen LogP contribution in [-0.4, -0.2) is 42.9 Å². The molecule has 118 valence electrons. The van der Waals surface area contributed by atoms with E-state index < -0.39 is 16.2 Å². The van der Waals surface area contributed by atoms with Crippen molar-refractivity contribution in [2.75, 3.05) is 13.1 Å². The zero-order valence-corrected chi connectivity index (χ0v) is 12.8. The highest BCUT2D eigenvalue weighted by molar-refractivity contribution is 7.87. The Hall–Kier alpha value is -1.70. The second-order valence-corrected chi connectivity index (χ2v) is 7.34. The molecule has 3 rings (SSSR count). The molecule has 1 unspecified atom stereocenters. The summed E-state index contributed by atoms with van der Waals surface area (Å²) in [5, 5.41) is 9.01. The Bertz CT molecular complexity index is 727. The number of hydrogen-bond donors (Lipinski definition) is 2. The van der Waals surface area contributed by atoms with Crippen molar-refractivity contribution in [3.05, 3.63) is 47.0 Å². The molecule has 0 bridgehead atoms. The van der Waals surface area contributed by atoms with Crippen LogP contribution in [0.3, 0.4) is 0 Å². The summed E-state index contributed by atoms with van der Waals surface area (Å²) in [5.41, 5.74) is 2.16. The molecule has 0 spiro atoms. The molecule has 1 aromatic rings. The van der Waals surface area contributed by atoms with Crippen molar-refractivity contribution in [2.45, 2.75) is 25.3 Å². The van der Waals surface area contributed by atoms with Gasteiger partial charge in [-0.3, -0.25) is 0 Å². The summed E-state index contributed by atoms with van der Waals surface area (Å²) < 4.78 is 28.9. The summed E-state index contributed by atoms with van der Waals surface area (Å²) in [5.74, 6) is -0.966. The number of nitrogens with zero attached hydrogens (tertiary/aromatic N) is 1. The lowest BCUT2D eigenvalue weighted by Crippen LogP contribution is -2.46. The summed E-state index contributed by atoms with van der Waals surface area (Å²) in [4.78, 5) is 11.0. The number of nitrogens with one attached hydrogen (secondary N) is 1. The number of carboxylic acid groups (broad SMARTS) is 1.